The standard InChI is InChI=1S/C30H33N5O3S.H2/c1-5-35(19-30(3)13-14-30)28-8-6-7-24(34-28)25-12-11-22-17-31-23(16-26(22)33-25)18-32-29(36)21-10-9-20(2)27(15-21)39(4,37)38;/h6-12,15-17H,5,13-14,18-19H2,1-4H3,(H,32,36);1H. The van der Waals surface area contributed by atoms with Gasteiger partial charge in [0.15, 0.2) is 9.84 Å². The SMILES string of the molecule is CCN(CC1(C)CC1)c1cccc(-c2ccc3cnc(CNC(=O)c4ccc(C)c(S(C)(=O)=O)c4)cc3n2)n1.[HH]. The molecule has 8 nitrogen and oxygen atoms in total. The van der Waals surface area contributed by atoms with Crippen LogP contribution in [-0.2, 0) is 16.4 Å². The molecule has 0 atom stereocenters. The Morgan fingerprint density at radius 3 is 2.56 bits per heavy atom. The number of benzene rings is 1. The molecule has 0 bridgehead atoms. The van der Waals surface area contributed by atoms with Crippen molar-refractivity contribution in [2.24, 2.45) is 5.41 Å². The number of sulfone groups is 1. The van der Waals surface area contributed by atoms with Crippen LogP contribution in [0, 0.1) is 12.3 Å². The molecule has 3 heterocycles. The summed E-state index contributed by atoms with van der Waals surface area (Å²) >= 11 is 0. The number of carbonyl (C=O) groups excluding carboxylic acids is 1. The molecule has 4 aromatic rings. The van der Waals surface area contributed by atoms with Gasteiger partial charge in [-0.1, -0.05) is 19.1 Å². The van der Waals surface area contributed by atoms with Crippen LogP contribution in [0.3, 0.4) is 0 Å². The van der Waals surface area contributed by atoms with Crippen molar-refractivity contribution in [1.29, 1.82) is 0 Å². The minimum Gasteiger partial charge on any atom is -0.356 e. The summed E-state index contributed by atoms with van der Waals surface area (Å²) < 4.78 is 24.1. The second-order valence-electron chi connectivity index (χ2n) is 10.7. The second kappa shape index (κ2) is 10.4. The predicted molar refractivity (Wildman–Crippen MR) is 156 cm³/mol. The largest absolute Gasteiger partial charge is 0.356 e. The molecule has 0 spiro atoms. The van der Waals surface area contributed by atoms with E-state index in [1.54, 1.807) is 25.3 Å². The van der Waals surface area contributed by atoms with Gasteiger partial charge < -0.3 is 10.2 Å². The maximum absolute atomic E-state index is 12.8. The quantitative estimate of drug-likeness (QED) is 0.308. The summed E-state index contributed by atoms with van der Waals surface area (Å²) in [5, 5.41) is 3.72. The van der Waals surface area contributed by atoms with Crippen LogP contribution in [0.25, 0.3) is 22.3 Å². The zero-order chi connectivity index (χ0) is 27.8. The number of rotatable bonds is 9. The van der Waals surface area contributed by atoms with E-state index in [4.69, 9.17) is 9.97 Å². The number of anilines is 1. The third-order valence-electron chi connectivity index (χ3n) is 7.29. The van der Waals surface area contributed by atoms with Gasteiger partial charge in [0.2, 0.25) is 0 Å². The van der Waals surface area contributed by atoms with E-state index in [1.165, 1.54) is 18.9 Å². The first-order valence-corrected chi connectivity index (χ1v) is 15.0. The summed E-state index contributed by atoms with van der Waals surface area (Å²) in [6.07, 6.45) is 5.40. The summed E-state index contributed by atoms with van der Waals surface area (Å²) in [7, 11) is -3.43. The van der Waals surface area contributed by atoms with Gasteiger partial charge in [-0.05, 0) is 80.1 Å². The molecular formula is C30H35N5O3S. The van der Waals surface area contributed by atoms with Crippen LogP contribution < -0.4 is 10.2 Å². The predicted octanol–water partition coefficient (Wildman–Crippen LogP) is 5.21. The number of amides is 1. The van der Waals surface area contributed by atoms with E-state index in [0.29, 0.717) is 16.7 Å². The lowest BCUT2D eigenvalue weighted by molar-refractivity contribution is 0.0950. The van der Waals surface area contributed by atoms with Gasteiger partial charge in [-0.25, -0.2) is 18.4 Å². The van der Waals surface area contributed by atoms with Crippen molar-refractivity contribution in [3.63, 3.8) is 0 Å². The van der Waals surface area contributed by atoms with Crippen LogP contribution in [0.1, 0.15) is 49.7 Å². The number of hydrogen-bond donors (Lipinski definition) is 1. The van der Waals surface area contributed by atoms with Crippen LogP contribution in [0.2, 0.25) is 0 Å². The zero-order valence-electron chi connectivity index (χ0n) is 22.7. The van der Waals surface area contributed by atoms with E-state index < -0.39 is 9.84 Å². The fraction of sp³-hybridized carbons (Fsp3) is 0.333. The number of nitrogens with one attached hydrogen (secondary N) is 1. The van der Waals surface area contributed by atoms with Crippen molar-refractivity contribution in [3.05, 3.63) is 77.6 Å². The summed E-state index contributed by atoms with van der Waals surface area (Å²) in [6.45, 7) is 8.27. The molecule has 1 aromatic carbocycles. The molecule has 39 heavy (non-hydrogen) atoms. The van der Waals surface area contributed by atoms with Crippen molar-refractivity contribution < 1.29 is 14.6 Å². The second-order valence-corrected chi connectivity index (χ2v) is 12.7. The minimum absolute atomic E-state index is 0. The van der Waals surface area contributed by atoms with Gasteiger partial charge >= 0.3 is 0 Å². The van der Waals surface area contributed by atoms with Gasteiger partial charge in [-0.15, -0.1) is 0 Å². The Labute approximate surface area is 230 Å². The highest BCUT2D eigenvalue weighted by Crippen LogP contribution is 2.46. The molecule has 1 aliphatic carbocycles. The van der Waals surface area contributed by atoms with Crippen molar-refractivity contribution in [1.82, 2.24) is 20.3 Å². The van der Waals surface area contributed by atoms with Crippen LogP contribution in [0.4, 0.5) is 5.82 Å². The maximum atomic E-state index is 12.8. The third-order valence-corrected chi connectivity index (χ3v) is 8.53. The van der Waals surface area contributed by atoms with Crippen molar-refractivity contribution in [3.8, 4) is 11.4 Å². The molecule has 1 N–H and O–H groups in total. The lowest BCUT2D eigenvalue weighted by atomic mass is 10.1. The number of nitrogens with zero attached hydrogens (tertiary/aromatic N) is 4. The zero-order valence-corrected chi connectivity index (χ0v) is 23.5. The number of carbonyl (C=O) groups is 1. The lowest BCUT2D eigenvalue weighted by Gasteiger charge is -2.25. The average Bonchev–Trinajstić information content (AvgIpc) is 3.66. The van der Waals surface area contributed by atoms with Gasteiger partial charge in [0.05, 0.1) is 34.0 Å². The number of aryl methyl sites for hydroxylation is 1. The summed E-state index contributed by atoms with van der Waals surface area (Å²) in [5.74, 6) is 0.586. The third kappa shape index (κ3) is 6.09. The molecule has 1 saturated carbocycles. The fourth-order valence-corrected chi connectivity index (χ4v) is 5.63. The monoisotopic (exact) mass is 545 g/mol. The van der Waals surface area contributed by atoms with Crippen molar-refractivity contribution >= 4 is 32.5 Å². The first kappa shape index (κ1) is 26.7. The van der Waals surface area contributed by atoms with Gasteiger partial charge in [-0.2, -0.15) is 0 Å². The van der Waals surface area contributed by atoms with Crippen LogP contribution in [0.15, 0.2) is 65.7 Å². The average molecular weight is 546 g/mol. The van der Waals surface area contributed by atoms with Crippen molar-refractivity contribution in [2.45, 2.75) is 45.1 Å². The van der Waals surface area contributed by atoms with E-state index in [0.717, 1.165) is 47.5 Å². The van der Waals surface area contributed by atoms with Gasteiger partial charge in [0.25, 0.3) is 5.91 Å². The Bertz CT molecular complexity index is 1670. The molecule has 0 saturated heterocycles. The van der Waals surface area contributed by atoms with Gasteiger partial charge in [0, 0.05) is 37.9 Å². The Balaban J connectivity index is 0.00000370. The topological polar surface area (TPSA) is 105 Å². The number of hydrogen-bond acceptors (Lipinski definition) is 7. The lowest BCUT2D eigenvalue weighted by Crippen LogP contribution is -2.29. The summed E-state index contributed by atoms with van der Waals surface area (Å²) in [5.41, 5.74) is 4.26. The molecular weight excluding hydrogens is 510 g/mol. The molecule has 1 amide bonds. The Morgan fingerprint density at radius 1 is 1.08 bits per heavy atom. The molecule has 204 valence electrons. The highest BCUT2D eigenvalue weighted by molar-refractivity contribution is 7.90. The van der Waals surface area contributed by atoms with Gasteiger partial charge in [0.1, 0.15) is 5.82 Å². The van der Waals surface area contributed by atoms with Gasteiger partial charge in [-0.3, -0.25) is 9.78 Å². The molecule has 1 aliphatic rings. The number of pyridine rings is 3. The Kier molecular flexibility index (Phi) is 7.11. The minimum atomic E-state index is -3.43. The molecule has 9 heteroatoms. The van der Waals surface area contributed by atoms with Crippen LogP contribution >= 0.6 is 0 Å². The van der Waals surface area contributed by atoms with Crippen LogP contribution in [0.5, 0.6) is 0 Å². The Morgan fingerprint density at radius 2 is 1.85 bits per heavy atom. The van der Waals surface area contributed by atoms with E-state index in [9.17, 15) is 13.2 Å². The highest BCUT2D eigenvalue weighted by Gasteiger charge is 2.38. The normalized spacial score (nSPS) is 14.3. The van der Waals surface area contributed by atoms with E-state index >= 15 is 0 Å². The maximum Gasteiger partial charge on any atom is 0.251 e. The molecule has 0 unspecified atom stereocenters. The highest BCUT2D eigenvalue weighted by atomic mass is 32.2. The summed E-state index contributed by atoms with van der Waals surface area (Å²) in [4.78, 5) is 29.5. The number of fused-ring (bicyclic) bond motifs is 1. The smallest absolute Gasteiger partial charge is 0.251 e. The molecule has 0 radical (unpaired) electrons. The molecule has 0 aliphatic heterocycles. The fourth-order valence-electron chi connectivity index (χ4n) is 4.64. The Hall–Kier alpha value is -3.85. The first-order valence-electron chi connectivity index (χ1n) is 13.1. The van der Waals surface area contributed by atoms with Crippen molar-refractivity contribution in [2.75, 3.05) is 24.2 Å². The summed E-state index contributed by atoms with van der Waals surface area (Å²) in [6, 6.07) is 16.5. The van der Waals surface area contributed by atoms with E-state index in [2.05, 4.69) is 35.1 Å². The molecule has 1 fully saturated rings. The molecule has 5 rings (SSSR count). The van der Waals surface area contributed by atoms with Crippen LogP contribution in [-0.4, -0.2) is 48.6 Å². The number of aromatic nitrogens is 3. The van der Waals surface area contributed by atoms with E-state index in [-0.39, 0.29) is 24.3 Å². The molecule has 3 aromatic heterocycles. The van der Waals surface area contributed by atoms with E-state index in [1.807, 2.05) is 30.3 Å². The first-order chi connectivity index (χ1) is 18.5.